The van der Waals surface area contributed by atoms with Gasteiger partial charge in [-0.2, -0.15) is 0 Å². The van der Waals surface area contributed by atoms with Gasteiger partial charge in [0, 0.05) is 17.3 Å². The van der Waals surface area contributed by atoms with Crippen LogP contribution < -0.4 is 10.1 Å². The van der Waals surface area contributed by atoms with Crippen molar-refractivity contribution in [2.75, 3.05) is 5.32 Å². The van der Waals surface area contributed by atoms with Crippen LogP contribution in [0.2, 0.25) is 15.1 Å². The fourth-order valence-corrected chi connectivity index (χ4v) is 3.63. The highest BCUT2D eigenvalue weighted by Crippen LogP contribution is 2.35. The third kappa shape index (κ3) is 5.10. The molecule has 0 amide bonds. The van der Waals surface area contributed by atoms with Crippen molar-refractivity contribution in [1.29, 1.82) is 0 Å². The van der Waals surface area contributed by atoms with E-state index in [-0.39, 0.29) is 0 Å². The van der Waals surface area contributed by atoms with Crippen LogP contribution in [0.4, 0.5) is 5.69 Å². The summed E-state index contributed by atoms with van der Waals surface area (Å²) in [7, 11) is 0. The zero-order valence-electron chi connectivity index (χ0n) is 15.2. The normalized spacial score (nSPS) is 10.7. The van der Waals surface area contributed by atoms with Gasteiger partial charge in [0.25, 0.3) is 0 Å². The largest absolute Gasteiger partial charge is 0.486 e. The molecule has 0 saturated heterocycles. The minimum Gasteiger partial charge on any atom is -0.486 e. The first-order valence-corrected chi connectivity index (χ1v) is 9.72. The summed E-state index contributed by atoms with van der Waals surface area (Å²) in [4.78, 5) is 0. The molecule has 0 heterocycles. The van der Waals surface area contributed by atoms with Crippen molar-refractivity contribution in [1.82, 2.24) is 0 Å². The van der Waals surface area contributed by atoms with E-state index in [9.17, 15) is 0 Å². The molecule has 2 nitrogen and oxygen atoms in total. The van der Waals surface area contributed by atoms with Crippen molar-refractivity contribution in [2.24, 2.45) is 0 Å². The molecular weight excluding hydrogens is 401 g/mol. The fourth-order valence-electron chi connectivity index (χ4n) is 2.77. The Balaban J connectivity index is 1.70. The maximum absolute atomic E-state index is 6.41. The summed E-state index contributed by atoms with van der Waals surface area (Å²) in [5, 5.41) is 5.08. The molecule has 27 heavy (non-hydrogen) atoms. The Morgan fingerprint density at radius 3 is 2.26 bits per heavy atom. The molecule has 0 saturated carbocycles. The molecule has 3 aromatic rings. The SMILES string of the molecule is Cc1cccc(NCc2cc(Cl)c(OCc3cccc(Cl)c3)c(Cl)c2)c1C. The molecule has 140 valence electrons. The Morgan fingerprint density at radius 2 is 1.56 bits per heavy atom. The lowest BCUT2D eigenvalue weighted by atomic mass is 10.1. The van der Waals surface area contributed by atoms with E-state index in [1.54, 1.807) is 0 Å². The van der Waals surface area contributed by atoms with Crippen molar-refractivity contribution in [3.63, 3.8) is 0 Å². The summed E-state index contributed by atoms with van der Waals surface area (Å²) in [6.45, 7) is 5.17. The van der Waals surface area contributed by atoms with Crippen LogP contribution in [0.3, 0.4) is 0 Å². The minimum absolute atomic E-state index is 0.347. The Hall–Kier alpha value is -1.87. The van der Waals surface area contributed by atoms with Crippen LogP contribution in [0.25, 0.3) is 0 Å². The number of benzene rings is 3. The van der Waals surface area contributed by atoms with E-state index in [4.69, 9.17) is 39.5 Å². The highest BCUT2D eigenvalue weighted by atomic mass is 35.5. The van der Waals surface area contributed by atoms with Gasteiger partial charge in [-0.1, -0.05) is 59.1 Å². The predicted molar refractivity (Wildman–Crippen MR) is 115 cm³/mol. The second kappa shape index (κ2) is 8.88. The minimum atomic E-state index is 0.347. The number of hydrogen-bond acceptors (Lipinski definition) is 2. The van der Waals surface area contributed by atoms with Gasteiger partial charge in [0.2, 0.25) is 0 Å². The molecule has 0 atom stereocenters. The number of hydrogen-bond donors (Lipinski definition) is 1. The Labute approximate surface area is 175 Å². The van der Waals surface area contributed by atoms with Crippen molar-refractivity contribution >= 4 is 40.5 Å². The Bertz CT molecular complexity index is 933. The Morgan fingerprint density at radius 1 is 0.852 bits per heavy atom. The maximum Gasteiger partial charge on any atom is 0.156 e. The van der Waals surface area contributed by atoms with Gasteiger partial charge in [0.1, 0.15) is 6.61 Å². The van der Waals surface area contributed by atoms with Gasteiger partial charge in [-0.05, 0) is 66.4 Å². The monoisotopic (exact) mass is 419 g/mol. The molecule has 0 spiro atoms. The van der Waals surface area contributed by atoms with E-state index in [2.05, 4.69) is 31.3 Å². The third-order valence-corrected chi connectivity index (χ3v) is 5.21. The van der Waals surface area contributed by atoms with Gasteiger partial charge >= 0.3 is 0 Å². The summed E-state index contributed by atoms with van der Waals surface area (Å²) in [5.74, 6) is 0.480. The molecule has 5 heteroatoms. The summed E-state index contributed by atoms with van der Waals surface area (Å²) < 4.78 is 5.82. The van der Waals surface area contributed by atoms with E-state index < -0.39 is 0 Å². The lowest BCUT2D eigenvalue weighted by Gasteiger charge is -2.14. The maximum atomic E-state index is 6.41. The summed E-state index contributed by atoms with van der Waals surface area (Å²) >= 11 is 18.8. The second-order valence-corrected chi connectivity index (χ2v) is 7.66. The quantitative estimate of drug-likeness (QED) is 0.447. The third-order valence-electron chi connectivity index (χ3n) is 4.42. The summed E-state index contributed by atoms with van der Waals surface area (Å²) in [6, 6.07) is 17.4. The van der Waals surface area contributed by atoms with Crippen LogP contribution in [-0.4, -0.2) is 0 Å². The van der Waals surface area contributed by atoms with Crippen LogP contribution >= 0.6 is 34.8 Å². The van der Waals surface area contributed by atoms with Gasteiger partial charge in [-0.25, -0.2) is 0 Å². The van der Waals surface area contributed by atoms with E-state index in [1.165, 1.54) is 11.1 Å². The van der Waals surface area contributed by atoms with Gasteiger partial charge in [-0.15, -0.1) is 0 Å². The van der Waals surface area contributed by atoms with Crippen LogP contribution in [0, 0.1) is 13.8 Å². The van der Waals surface area contributed by atoms with Gasteiger partial charge < -0.3 is 10.1 Å². The standard InChI is InChI=1S/C22H20Cl3NO/c1-14-5-3-8-21(15(14)2)26-12-17-10-19(24)22(20(25)11-17)27-13-16-6-4-7-18(23)9-16/h3-11,26H,12-13H2,1-2H3. The van der Waals surface area contributed by atoms with E-state index in [0.717, 1.165) is 16.8 Å². The first-order chi connectivity index (χ1) is 12.9. The van der Waals surface area contributed by atoms with Gasteiger partial charge in [0.05, 0.1) is 10.0 Å². The molecule has 0 unspecified atom stereocenters. The number of rotatable bonds is 6. The fraction of sp³-hybridized carbons (Fsp3) is 0.182. The predicted octanol–water partition coefficient (Wildman–Crippen LogP) is 7.45. The van der Waals surface area contributed by atoms with Gasteiger partial charge in [0.15, 0.2) is 5.75 Å². The molecule has 1 N–H and O–H groups in total. The van der Waals surface area contributed by atoms with Crippen LogP contribution in [0.1, 0.15) is 22.3 Å². The molecule has 0 bridgehead atoms. The lowest BCUT2D eigenvalue weighted by Crippen LogP contribution is -2.03. The van der Waals surface area contributed by atoms with Crippen molar-refractivity contribution in [3.8, 4) is 5.75 Å². The highest BCUT2D eigenvalue weighted by Gasteiger charge is 2.11. The molecule has 3 rings (SSSR count). The molecule has 0 aromatic heterocycles. The zero-order valence-corrected chi connectivity index (χ0v) is 17.4. The number of ether oxygens (including phenoxy) is 1. The number of halogens is 3. The molecule has 0 aliphatic carbocycles. The number of aryl methyl sites for hydroxylation is 1. The van der Waals surface area contributed by atoms with E-state index in [1.807, 2.05) is 42.5 Å². The average molecular weight is 421 g/mol. The molecule has 3 aromatic carbocycles. The van der Waals surface area contributed by atoms with Gasteiger partial charge in [-0.3, -0.25) is 0 Å². The molecular formula is C22H20Cl3NO. The summed E-state index contributed by atoms with van der Waals surface area (Å²) in [6.07, 6.45) is 0. The van der Waals surface area contributed by atoms with Crippen molar-refractivity contribution in [3.05, 3.63) is 91.9 Å². The smallest absolute Gasteiger partial charge is 0.156 e. The number of anilines is 1. The topological polar surface area (TPSA) is 21.3 Å². The summed E-state index contributed by atoms with van der Waals surface area (Å²) in [5.41, 5.74) is 5.52. The second-order valence-electron chi connectivity index (χ2n) is 6.41. The van der Waals surface area contributed by atoms with Crippen molar-refractivity contribution < 1.29 is 4.74 Å². The van der Waals surface area contributed by atoms with Crippen molar-refractivity contribution in [2.45, 2.75) is 27.0 Å². The highest BCUT2D eigenvalue weighted by molar-refractivity contribution is 6.37. The molecule has 0 radical (unpaired) electrons. The zero-order chi connectivity index (χ0) is 19.4. The van der Waals surface area contributed by atoms with Crippen LogP contribution in [0.5, 0.6) is 5.75 Å². The molecule has 0 fully saturated rings. The first-order valence-electron chi connectivity index (χ1n) is 8.59. The van der Waals surface area contributed by atoms with Crippen LogP contribution in [-0.2, 0) is 13.2 Å². The average Bonchev–Trinajstić information content (AvgIpc) is 2.62. The lowest BCUT2D eigenvalue weighted by molar-refractivity contribution is 0.306. The molecule has 0 aliphatic rings. The number of nitrogens with one attached hydrogen (secondary N) is 1. The first kappa shape index (κ1) is 19.9. The van der Waals surface area contributed by atoms with E-state index in [0.29, 0.717) is 34.0 Å². The van der Waals surface area contributed by atoms with Crippen LogP contribution in [0.15, 0.2) is 54.6 Å². The molecule has 0 aliphatic heterocycles. The Kier molecular flexibility index (Phi) is 6.54. The van der Waals surface area contributed by atoms with E-state index >= 15 is 0 Å².